The third-order valence-electron chi connectivity index (χ3n) is 8.24. The number of aliphatic hydroxyl groups is 1. The lowest BCUT2D eigenvalue weighted by atomic mass is 10.0. The number of nitrogens with one attached hydrogen (secondary N) is 1. The van der Waals surface area contributed by atoms with E-state index in [-0.39, 0.29) is 12.8 Å². The van der Waals surface area contributed by atoms with E-state index in [0.29, 0.717) is 12.8 Å². The smallest absolute Gasteiger partial charge is 0.472 e. The van der Waals surface area contributed by atoms with Crippen molar-refractivity contribution in [2.45, 2.75) is 180 Å². The highest BCUT2D eigenvalue weighted by Crippen LogP contribution is 2.43. The highest BCUT2D eigenvalue weighted by molar-refractivity contribution is 7.47. The SMILES string of the molecule is CCCCC/C=C\C/C=C\CCCCCCCCCCCCCC(=O)OCC(O)COP(=O)(O)OCC(NC(=O)CCCCCCC)C(=O)O. The Morgan fingerprint density at radius 3 is 1.66 bits per heavy atom. The Labute approximate surface area is 302 Å². The number of esters is 1. The Balaban J connectivity index is 3.79. The first-order chi connectivity index (χ1) is 24.1. The van der Waals surface area contributed by atoms with Gasteiger partial charge in [-0.05, 0) is 44.9 Å². The van der Waals surface area contributed by atoms with Crippen molar-refractivity contribution in [1.82, 2.24) is 5.32 Å². The number of aliphatic carboxylic acids is 1. The molecule has 50 heavy (non-hydrogen) atoms. The monoisotopic (exact) mass is 731 g/mol. The van der Waals surface area contributed by atoms with Crippen LogP contribution in [0.15, 0.2) is 24.3 Å². The molecule has 0 fully saturated rings. The van der Waals surface area contributed by atoms with Crippen LogP contribution in [0, 0.1) is 0 Å². The van der Waals surface area contributed by atoms with E-state index in [1.54, 1.807) is 0 Å². The van der Waals surface area contributed by atoms with Gasteiger partial charge in [0.1, 0.15) is 12.7 Å². The summed E-state index contributed by atoms with van der Waals surface area (Å²) in [6.45, 7) is 2.42. The fourth-order valence-electron chi connectivity index (χ4n) is 5.17. The molecule has 11 nitrogen and oxygen atoms in total. The van der Waals surface area contributed by atoms with Gasteiger partial charge >= 0.3 is 19.8 Å². The summed E-state index contributed by atoms with van der Waals surface area (Å²) in [7, 11) is -4.74. The molecule has 0 aliphatic rings. The second kappa shape index (κ2) is 34.1. The zero-order valence-corrected chi connectivity index (χ0v) is 32.1. The Kier molecular flexibility index (Phi) is 32.7. The van der Waals surface area contributed by atoms with Crippen molar-refractivity contribution < 1.29 is 47.8 Å². The van der Waals surface area contributed by atoms with Gasteiger partial charge in [-0.15, -0.1) is 0 Å². The van der Waals surface area contributed by atoms with E-state index in [4.69, 9.17) is 13.8 Å². The van der Waals surface area contributed by atoms with Gasteiger partial charge in [0.05, 0.1) is 13.2 Å². The number of amides is 1. The lowest BCUT2D eigenvalue weighted by Crippen LogP contribution is -2.43. The molecule has 1 amide bonds. The van der Waals surface area contributed by atoms with E-state index in [1.807, 2.05) is 0 Å². The minimum Gasteiger partial charge on any atom is -0.480 e. The Hall–Kier alpha value is -2.04. The van der Waals surface area contributed by atoms with Crippen molar-refractivity contribution in [2.75, 3.05) is 19.8 Å². The molecule has 0 aliphatic heterocycles. The summed E-state index contributed by atoms with van der Waals surface area (Å²) < 4.78 is 26.6. The van der Waals surface area contributed by atoms with Crippen LogP contribution in [0.3, 0.4) is 0 Å². The van der Waals surface area contributed by atoms with Gasteiger partial charge in [0.2, 0.25) is 5.91 Å². The first kappa shape index (κ1) is 48.0. The van der Waals surface area contributed by atoms with E-state index in [1.165, 1.54) is 77.0 Å². The fourth-order valence-corrected chi connectivity index (χ4v) is 5.94. The summed E-state index contributed by atoms with van der Waals surface area (Å²) in [6, 6.07) is -1.54. The highest BCUT2D eigenvalue weighted by atomic mass is 31.2. The number of carbonyl (C=O) groups is 3. The maximum atomic E-state index is 12.1. The summed E-state index contributed by atoms with van der Waals surface area (Å²) in [5.74, 6) is -2.39. The zero-order chi connectivity index (χ0) is 37.1. The molecule has 0 aromatic rings. The standard InChI is InChI=1S/C38H70NO10P/c1-3-5-7-9-10-11-12-13-14-15-16-17-18-19-20-21-22-23-24-26-28-30-37(42)47-31-34(40)32-48-50(45,46)49-33-35(38(43)44)39-36(41)29-27-25-8-6-4-2/h10-11,13-14,34-35,40H,3-9,12,15-33H2,1-2H3,(H,39,41)(H,43,44)(H,45,46)/b11-10-,14-13-. The van der Waals surface area contributed by atoms with Crippen LogP contribution in [-0.4, -0.2) is 64.9 Å². The predicted molar refractivity (Wildman–Crippen MR) is 199 cm³/mol. The first-order valence-electron chi connectivity index (χ1n) is 19.4. The molecule has 0 aromatic heterocycles. The summed E-state index contributed by atoms with van der Waals surface area (Å²) in [5.41, 5.74) is 0. The normalized spacial score (nSPS) is 14.2. The molecule has 3 unspecified atom stereocenters. The van der Waals surface area contributed by atoms with Crippen molar-refractivity contribution >= 4 is 25.7 Å². The summed E-state index contributed by atoms with van der Waals surface area (Å²) in [5, 5.41) is 21.6. The molecular weight excluding hydrogens is 661 g/mol. The number of ether oxygens (including phenoxy) is 1. The summed E-state index contributed by atoms with van der Waals surface area (Å²) in [6.07, 6.45) is 32.8. The second-order valence-corrected chi connectivity index (χ2v) is 14.6. The molecule has 0 aromatic carbocycles. The largest absolute Gasteiger partial charge is 0.480 e. The molecule has 4 N–H and O–H groups in total. The van der Waals surface area contributed by atoms with Crippen molar-refractivity contribution in [1.29, 1.82) is 0 Å². The van der Waals surface area contributed by atoms with E-state index >= 15 is 0 Å². The topological polar surface area (TPSA) is 169 Å². The summed E-state index contributed by atoms with van der Waals surface area (Å²) in [4.78, 5) is 45.3. The number of unbranched alkanes of at least 4 members (excludes halogenated alkanes) is 18. The molecule has 292 valence electrons. The molecule has 0 radical (unpaired) electrons. The van der Waals surface area contributed by atoms with Gasteiger partial charge in [0.15, 0.2) is 6.04 Å². The number of carboxylic acids is 1. The average molecular weight is 732 g/mol. The third-order valence-corrected chi connectivity index (χ3v) is 9.19. The van der Waals surface area contributed by atoms with E-state index in [9.17, 15) is 34.1 Å². The molecule has 0 saturated heterocycles. The van der Waals surface area contributed by atoms with Crippen molar-refractivity contribution in [3.05, 3.63) is 24.3 Å². The van der Waals surface area contributed by atoms with E-state index in [2.05, 4.69) is 43.5 Å². The number of hydrogen-bond acceptors (Lipinski definition) is 8. The van der Waals surface area contributed by atoms with Crippen LogP contribution in [0.25, 0.3) is 0 Å². The zero-order valence-electron chi connectivity index (χ0n) is 31.2. The minimum atomic E-state index is -4.74. The highest BCUT2D eigenvalue weighted by Gasteiger charge is 2.28. The van der Waals surface area contributed by atoms with Gasteiger partial charge in [0.25, 0.3) is 0 Å². The maximum Gasteiger partial charge on any atom is 0.472 e. The van der Waals surface area contributed by atoms with Crippen LogP contribution in [0.4, 0.5) is 0 Å². The van der Waals surface area contributed by atoms with Crippen LogP contribution < -0.4 is 5.32 Å². The first-order valence-corrected chi connectivity index (χ1v) is 20.9. The molecule has 0 aliphatic carbocycles. The molecular formula is C38H70NO10P. The average Bonchev–Trinajstić information content (AvgIpc) is 3.08. The van der Waals surface area contributed by atoms with Gasteiger partial charge in [0, 0.05) is 12.8 Å². The van der Waals surface area contributed by atoms with E-state index < -0.39 is 57.6 Å². The molecule has 0 saturated carbocycles. The van der Waals surface area contributed by atoms with Gasteiger partial charge in [-0.25, -0.2) is 9.36 Å². The quantitative estimate of drug-likeness (QED) is 0.0211. The number of allylic oxidation sites excluding steroid dienone is 4. The number of hydrogen-bond donors (Lipinski definition) is 4. The van der Waals surface area contributed by atoms with Gasteiger partial charge in [-0.1, -0.05) is 134 Å². The van der Waals surface area contributed by atoms with Gasteiger partial charge < -0.3 is 25.2 Å². The predicted octanol–water partition coefficient (Wildman–Crippen LogP) is 9.11. The molecule has 12 heteroatoms. The maximum absolute atomic E-state index is 12.1. The Morgan fingerprint density at radius 1 is 0.640 bits per heavy atom. The van der Waals surface area contributed by atoms with Crippen LogP contribution >= 0.6 is 7.82 Å². The fraction of sp³-hybridized carbons (Fsp3) is 0.816. The molecule has 0 bridgehead atoms. The number of phosphoric acid groups is 1. The summed E-state index contributed by atoms with van der Waals surface area (Å²) >= 11 is 0. The number of aliphatic hydroxyl groups excluding tert-OH is 1. The van der Waals surface area contributed by atoms with E-state index in [0.717, 1.165) is 51.4 Å². The number of phosphoric ester groups is 1. The number of carboxylic acid groups (broad SMARTS) is 1. The third kappa shape index (κ3) is 33.1. The lowest BCUT2D eigenvalue weighted by Gasteiger charge is -2.18. The van der Waals surface area contributed by atoms with Crippen LogP contribution in [0.2, 0.25) is 0 Å². The van der Waals surface area contributed by atoms with Crippen LogP contribution in [-0.2, 0) is 32.7 Å². The van der Waals surface area contributed by atoms with Crippen LogP contribution in [0.5, 0.6) is 0 Å². The number of rotatable bonds is 36. The molecule has 0 spiro atoms. The Bertz CT molecular complexity index is 958. The van der Waals surface area contributed by atoms with Crippen molar-refractivity contribution in [3.8, 4) is 0 Å². The van der Waals surface area contributed by atoms with Gasteiger partial charge in [-0.2, -0.15) is 0 Å². The molecule has 0 rings (SSSR count). The second-order valence-electron chi connectivity index (χ2n) is 13.1. The molecule has 3 atom stereocenters. The lowest BCUT2D eigenvalue weighted by molar-refractivity contribution is -0.147. The number of carbonyl (C=O) groups excluding carboxylic acids is 2. The van der Waals surface area contributed by atoms with Crippen LogP contribution in [0.1, 0.15) is 168 Å². The van der Waals surface area contributed by atoms with Gasteiger partial charge in [-0.3, -0.25) is 18.6 Å². The van der Waals surface area contributed by atoms with Crippen molar-refractivity contribution in [2.24, 2.45) is 0 Å². The Morgan fingerprint density at radius 2 is 1.10 bits per heavy atom. The molecule has 0 heterocycles. The minimum absolute atomic E-state index is 0.142. The van der Waals surface area contributed by atoms with Crippen molar-refractivity contribution in [3.63, 3.8) is 0 Å².